The fourth-order valence-corrected chi connectivity index (χ4v) is 2.91. The largest absolute Gasteiger partial charge is 0.350 e. The minimum Gasteiger partial charge on any atom is -0.350 e. The summed E-state index contributed by atoms with van der Waals surface area (Å²) in [6.45, 7) is 3.90. The van der Waals surface area contributed by atoms with E-state index in [1.807, 2.05) is 13.8 Å². The van der Waals surface area contributed by atoms with Crippen LogP contribution in [0.15, 0.2) is 53.7 Å². The fourth-order valence-electron chi connectivity index (χ4n) is 1.89. The Morgan fingerprint density at radius 3 is 2.26 bits per heavy atom. The normalized spacial score (nSPS) is 11.4. The third-order valence-corrected chi connectivity index (χ3v) is 4.48. The quantitative estimate of drug-likeness (QED) is 0.842. The molecule has 0 fully saturated rings. The lowest BCUT2D eigenvalue weighted by atomic mass is 10.2. The predicted octanol–water partition coefficient (Wildman–Crippen LogP) is 1.70. The highest BCUT2D eigenvalue weighted by Gasteiger charge is 2.15. The SMILES string of the molecule is CC(C)NC(=O)c1ccc(S(=O)(=O)NCc2ccncc2)cc1. The Labute approximate surface area is 136 Å². The van der Waals surface area contributed by atoms with Crippen LogP contribution in [0, 0.1) is 0 Å². The summed E-state index contributed by atoms with van der Waals surface area (Å²) in [5, 5.41) is 2.75. The van der Waals surface area contributed by atoms with E-state index in [2.05, 4.69) is 15.0 Å². The molecular weight excluding hydrogens is 314 g/mol. The summed E-state index contributed by atoms with van der Waals surface area (Å²) < 4.78 is 27.0. The van der Waals surface area contributed by atoms with E-state index in [9.17, 15) is 13.2 Å². The van der Waals surface area contributed by atoms with E-state index in [0.29, 0.717) is 5.56 Å². The van der Waals surface area contributed by atoms with E-state index in [0.717, 1.165) is 5.56 Å². The second-order valence-electron chi connectivity index (χ2n) is 5.33. The monoisotopic (exact) mass is 333 g/mol. The number of benzene rings is 1. The predicted molar refractivity (Wildman–Crippen MR) is 87.3 cm³/mol. The van der Waals surface area contributed by atoms with Gasteiger partial charge in [-0.3, -0.25) is 9.78 Å². The first kappa shape index (κ1) is 17.1. The van der Waals surface area contributed by atoms with Gasteiger partial charge in [-0.05, 0) is 55.8 Å². The number of carbonyl (C=O) groups excluding carboxylic acids is 1. The maximum atomic E-state index is 12.2. The molecule has 1 aromatic carbocycles. The van der Waals surface area contributed by atoms with Crippen LogP contribution in [0.2, 0.25) is 0 Å². The molecule has 2 N–H and O–H groups in total. The molecule has 7 heteroatoms. The minimum atomic E-state index is -3.63. The van der Waals surface area contributed by atoms with E-state index in [-0.39, 0.29) is 23.4 Å². The maximum Gasteiger partial charge on any atom is 0.251 e. The number of nitrogens with one attached hydrogen (secondary N) is 2. The lowest BCUT2D eigenvalue weighted by Crippen LogP contribution is -2.30. The smallest absolute Gasteiger partial charge is 0.251 e. The molecule has 23 heavy (non-hydrogen) atoms. The lowest BCUT2D eigenvalue weighted by Gasteiger charge is -2.10. The van der Waals surface area contributed by atoms with Gasteiger partial charge in [-0.15, -0.1) is 0 Å². The number of rotatable bonds is 6. The van der Waals surface area contributed by atoms with Gasteiger partial charge in [0, 0.05) is 30.5 Å². The van der Waals surface area contributed by atoms with Crippen molar-refractivity contribution in [3.8, 4) is 0 Å². The van der Waals surface area contributed by atoms with E-state index in [1.165, 1.54) is 24.3 Å². The number of pyridine rings is 1. The topological polar surface area (TPSA) is 88.2 Å². The molecule has 0 bridgehead atoms. The fraction of sp³-hybridized carbons (Fsp3) is 0.250. The molecule has 0 aliphatic rings. The van der Waals surface area contributed by atoms with Gasteiger partial charge >= 0.3 is 0 Å². The number of nitrogens with zero attached hydrogens (tertiary/aromatic N) is 1. The molecule has 0 aliphatic heterocycles. The van der Waals surface area contributed by atoms with Crippen LogP contribution in [0.3, 0.4) is 0 Å². The van der Waals surface area contributed by atoms with E-state index >= 15 is 0 Å². The van der Waals surface area contributed by atoms with Gasteiger partial charge in [-0.2, -0.15) is 0 Å². The molecular formula is C16H19N3O3S. The molecule has 0 aliphatic carbocycles. The Morgan fingerprint density at radius 1 is 1.09 bits per heavy atom. The summed E-state index contributed by atoms with van der Waals surface area (Å²) in [4.78, 5) is 15.8. The average molecular weight is 333 g/mol. The zero-order valence-electron chi connectivity index (χ0n) is 13.0. The van der Waals surface area contributed by atoms with Gasteiger partial charge < -0.3 is 5.32 Å². The first-order valence-electron chi connectivity index (χ1n) is 7.18. The van der Waals surface area contributed by atoms with Crippen LogP contribution in [0.5, 0.6) is 0 Å². The van der Waals surface area contributed by atoms with Crippen molar-refractivity contribution in [2.24, 2.45) is 0 Å². The molecule has 0 saturated carbocycles. The number of hydrogen-bond donors (Lipinski definition) is 2. The van der Waals surface area contributed by atoms with Gasteiger partial charge in [0.05, 0.1) is 4.90 Å². The molecule has 1 aromatic heterocycles. The molecule has 2 aromatic rings. The van der Waals surface area contributed by atoms with Gasteiger partial charge in [0.25, 0.3) is 5.91 Å². The van der Waals surface area contributed by atoms with Crippen LogP contribution in [0.1, 0.15) is 29.8 Å². The zero-order valence-corrected chi connectivity index (χ0v) is 13.8. The Hall–Kier alpha value is -2.25. The molecule has 6 nitrogen and oxygen atoms in total. The summed E-state index contributed by atoms with van der Waals surface area (Å²) in [5.41, 5.74) is 1.24. The molecule has 0 saturated heterocycles. The number of amides is 1. The second-order valence-corrected chi connectivity index (χ2v) is 7.10. The molecule has 0 unspecified atom stereocenters. The van der Waals surface area contributed by atoms with Crippen LogP contribution in [-0.4, -0.2) is 25.4 Å². The van der Waals surface area contributed by atoms with Crippen molar-refractivity contribution in [1.82, 2.24) is 15.0 Å². The van der Waals surface area contributed by atoms with E-state index < -0.39 is 10.0 Å². The zero-order chi connectivity index (χ0) is 16.9. The van der Waals surface area contributed by atoms with Crippen LogP contribution < -0.4 is 10.0 Å². The first-order valence-corrected chi connectivity index (χ1v) is 8.66. The van der Waals surface area contributed by atoms with E-state index in [4.69, 9.17) is 0 Å². The van der Waals surface area contributed by atoms with Gasteiger partial charge in [0.1, 0.15) is 0 Å². The van der Waals surface area contributed by atoms with Gasteiger partial charge in [0.2, 0.25) is 10.0 Å². The van der Waals surface area contributed by atoms with Crippen molar-refractivity contribution in [2.75, 3.05) is 0 Å². The highest BCUT2D eigenvalue weighted by atomic mass is 32.2. The van der Waals surface area contributed by atoms with Gasteiger partial charge in [-0.1, -0.05) is 0 Å². The van der Waals surface area contributed by atoms with Gasteiger partial charge in [0.15, 0.2) is 0 Å². The standard InChI is InChI=1S/C16H19N3O3S/c1-12(2)19-16(20)14-3-5-15(6-4-14)23(21,22)18-11-13-7-9-17-10-8-13/h3-10,12,18H,11H2,1-2H3,(H,19,20). The van der Waals surface area contributed by atoms with Crippen molar-refractivity contribution in [2.45, 2.75) is 31.3 Å². The molecule has 1 amide bonds. The maximum absolute atomic E-state index is 12.2. The number of aromatic nitrogens is 1. The van der Waals surface area contributed by atoms with Crippen LogP contribution >= 0.6 is 0 Å². The van der Waals surface area contributed by atoms with Crippen molar-refractivity contribution < 1.29 is 13.2 Å². The Balaban J connectivity index is 2.07. The summed E-state index contributed by atoms with van der Waals surface area (Å²) in [7, 11) is -3.63. The van der Waals surface area contributed by atoms with Crippen LogP contribution in [-0.2, 0) is 16.6 Å². The van der Waals surface area contributed by atoms with Crippen LogP contribution in [0.4, 0.5) is 0 Å². The lowest BCUT2D eigenvalue weighted by molar-refractivity contribution is 0.0943. The van der Waals surface area contributed by atoms with Crippen molar-refractivity contribution in [3.63, 3.8) is 0 Å². The van der Waals surface area contributed by atoms with Gasteiger partial charge in [-0.25, -0.2) is 13.1 Å². The Morgan fingerprint density at radius 2 is 1.70 bits per heavy atom. The summed E-state index contributed by atoms with van der Waals surface area (Å²) in [6.07, 6.45) is 3.21. The molecule has 0 spiro atoms. The van der Waals surface area contributed by atoms with Crippen LogP contribution in [0.25, 0.3) is 0 Å². The van der Waals surface area contributed by atoms with Crippen molar-refractivity contribution >= 4 is 15.9 Å². The Kier molecular flexibility index (Phi) is 5.46. The molecule has 122 valence electrons. The third kappa shape index (κ3) is 4.87. The summed E-state index contributed by atoms with van der Waals surface area (Å²) in [6, 6.07) is 9.34. The first-order chi connectivity index (χ1) is 10.9. The van der Waals surface area contributed by atoms with Crippen molar-refractivity contribution in [1.29, 1.82) is 0 Å². The molecule has 2 rings (SSSR count). The number of sulfonamides is 1. The third-order valence-electron chi connectivity index (χ3n) is 3.06. The summed E-state index contributed by atoms with van der Waals surface area (Å²) >= 11 is 0. The second kappa shape index (κ2) is 7.34. The minimum absolute atomic E-state index is 0.0212. The average Bonchev–Trinajstić information content (AvgIpc) is 2.53. The Bertz CT molecular complexity index is 757. The molecule has 0 atom stereocenters. The number of hydrogen-bond acceptors (Lipinski definition) is 4. The molecule has 1 heterocycles. The highest BCUT2D eigenvalue weighted by molar-refractivity contribution is 7.89. The number of carbonyl (C=O) groups is 1. The van der Waals surface area contributed by atoms with E-state index in [1.54, 1.807) is 24.5 Å². The highest BCUT2D eigenvalue weighted by Crippen LogP contribution is 2.11. The molecule has 0 radical (unpaired) electrons. The van der Waals surface area contributed by atoms with Crippen molar-refractivity contribution in [3.05, 3.63) is 59.9 Å². The summed E-state index contributed by atoms with van der Waals surface area (Å²) in [5.74, 6) is -0.228.